The van der Waals surface area contributed by atoms with Crippen LogP contribution in [-0.4, -0.2) is 29.0 Å². The zero-order valence-electron chi connectivity index (χ0n) is 12.1. The van der Waals surface area contributed by atoms with E-state index >= 15 is 0 Å². The Bertz CT molecular complexity index is 558. The number of hydrogen-bond acceptors (Lipinski definition) is 2. The van der Waals surface area contributed by atoms with Crippen LogP contribution >= 0.6 is 0 Å². The van der Waals surface area contributed by atoms with Gasteiger partial charge in [-0.1, -0.05) is 32.4 Å². The summed E-state index contributed by atoms with van der Waals surface area (Å²) in [5.74, 6) is -1.18. The number of phenols is 1. The van der Waals surface area contributed by atoms with Crippen LogP contribution in [0.2, 0.25) is 0 Å². The van der Waals surface area contributed by atoms with Gasteiger partial charge in [0.2, 0.25) is 0 Å². The number of halogens is 1. The van der Waals surface area contributed by atoms with Gasteiger partial charge >= 0.3 is 0 Å². The first-order chi connectivity index (χ1) is 9.29. The van der Waals surface area contributed by atoms with Gasteiger partial charge in [0.15, 0.2) is 0 Å². The molecule has 0 bridgehead atoms. The number of aromatic hydroxyl groups is 1. The van der Waals surface area contributed by atoms with Crippen molar-refractivity contribution >= 4 is 5.91 Å². The van der Waals surface area contributed by atoms with Gasteiger partial charge in [0, 0.05) is 19.2 Å². The van der Waals surface area contributed by atoms with Crippen molar-refractivity contribution in [1.82, 2.24) is 4.90 Å². The first-order valence-electron chi connectivity index (χ1n) is 6.76. The molecule has 0 atom stereocenters. The van der Waals surface area contributed by atoms with E-state index in [-0.39, 0.29) is 22.6 Å². The lowest BCUT2D eigenvalue weighted by Crippen LogP contribution is -2.36. The van der Waals surface area contributed by atoms with E-state index < -0.39 is 5.82 Å². The highest BCUT2D eigenvalue weighted by atomic mass is 19.1. The monoisotopic (exact) mass is 277 g/mol. The molecule has 0 saturated carbocycles. The smallest absolute Gasteiger partial charge is 0.257 e. The predicted octanol–water partition coefficient (Wildman–Crippen LogP) is 3.35. The van der Waals surface area contributed by atoms with Crippen molar-refractivity contribution in [3.63, 3.8) is 0 Å². The summed E-state index contributed by atoms with van der Waals surface area (Å²) in [6.45, 7) is 7.55. The summed E-state index contributed by atoms with van der Waals surface area (Å²) in [4.78, 5) is 13.9. The van der Waals surface area contributed by atoms with E-state index in [4.69, 9.17) is 0 Å². The highest BCUT2D eigenvalue weighted by Crippen LogP contribution is 2.30. The lowest BCUT2D eigenvalue weighted by molar-refractivity contribution is 0.0760. The Morgan fingerprint density at radius 3 is 2.55 bits per heavy atom. The largest absolute Gasteiger partial charge is 0.508 e. The maximum Gasteiger partial charge on any atom is 0.257 e. The van der Waals surface area contributed by atoms with Gasteiger partial charge in [-0.15, -0.1) is 0 Å². The first kappa shape index (κ1) is 14.6. The first-order valence-corrected chi connectivity index (χ1v) is 6.76. The molecule has 0 saturated heterocycles. The minimum Gasteiger partial charge on any atom is -0.508 e. The van der Waals surface area contributed by atoms with Gasteiger partial charge in [-0.25, -0.2) is 4.39 Å². The molecule has 108 valence electrons. The number of carbonyl (C=O) groups excluding carboxylic acids is 1. The molecule has 0 aliphatic carbocycles. The Morgan fingerprint density at radius 1 is 1.35 bits per heavy atom. The third-order valence-electron chi connectivity index (χ3n) is 3.64. The zero-order valence-corrected chi connectivity index (χ0v) is 12.1. The molecular formula is C16H20FNO2. The molecule has 1 amide bonds. The minimum atomic E-state index is -0.680. The number of nitrogens with zero attached hydrogens (tertiary/aromatic N) is 1. The molecule has 0 radical (unpaired) electrons. The second kappa shape index (κ2) is 5.27. The molecule has 0 spiro atoms. The minimum absolute atomic E-state index is 0.00964. The number of benzene rings is 1. The van der Waals surface area contributed by atoms with Crippen LogP contribution in [0.3, 0.4) is 0 Å². The lowest BCUT2D eigenvalue weighted by atomic mass is 9.83. The Kier molecular flexibility index (Phi) is 3.84. The summed E-state index contributed by atoms with van der Waals surface area (Å²) in [5, 5.41) is 9.18. The summed E-state index contributed by atoms with van der Waals surface area (Å²) in [6.07, 6.45) is 2.87. The van der Waals surface area contributed by atoms with Crippen LogP contribution in [0, 0.1) is 11.2 Å². The SMILES string of the molecule is CC(C)(C)C1=CCN(C(=O)c2ccc(O)cc2F)CC1. The van der Waals surface area contributed by atoms with E-state index in [0.717, 1.165) is 12.5 Å². The standard InChI is InChI=1S/C16H20FNO2/c1-16(2,3)11-6-8-18(9-7-11)15(20)13-5-4-12(19)10-14(13)17/h4-6,10,19H,7-9H2,1-3H3. The summed E-state index contributed by atoms with van der Waals surface area (Å²) in [6, 6.07) is 3.63. The highest BCUT2D eigenvalue weighted by Gasteiger charge is 2.25. The summed E-state index contributed by atoms with van der Waals surface area (Å²) < 4.78 is 13.7. The van der Waals surface area contributed by atoms with Crippen LogP contribution in [0.4, 0.5) is 4.39 Å². The highest BCUT2D eigenvalue weighted by molar-refractivity contribution is 5.94. The summed E-state index contributed by atoms with van der Waals surface area (Å²) in [7, 11) is 0. The quantitative estimate of drug-likeness (QED) is 0.800. The van der Waals surface area contributed by atoms with E-state index in [1.54, 1.807) is 4.90 Å². The van der Waals surface area contributed by atoms with Crippen LogP contribution < -0.4 is 0 Å². The van der Waals surface area contributed by atoms with Gasteiger partial charge in [-0.3, -0.25) is 4.79 Å². The maximum absolute atomic E-state index is 13.7. The number of carbonyl (C=O) groups is 1. The third kappa shape index (κ3) is 3.00. The number of rotatable bonds is 1. The van der Waals surface area contributed by atoms with Gasteiger partial charge in [-0.05, 0) is 24.0 Å². The van der Waals surface area contributed by atoms with Crippen LogP contribution in [0.1, 0.15) is 37.6 Å². The molecule has 1 aliphatic rings. The lowest BCUT2D eigenvalue weighted by Gasteiger charge is -2.32. The summed E-state index contributed by atoms with van der Waals surface area (Å²) in [5.41, 5.74) is 1.45. The van der Waals surface area contributed by atoms with Gasteiger partial charge in [0.25, 0.3) is 5.91 Å². The van der Waals surface area contributed by atoms with E-state index in [9.17, 15) is 14.3 Å². The number of hydrogen-bond donors (Lipinski definition) is 1. The molecule has 2 rings (SSSR count). The fraction of sp³-hybridized carbons (Fsp3) is 0.438. The number of phenolic OH excluding ortho intramolecular Hbond substituents is 1. The maximum atomic E-state index is 13.7. The third-order valence-corrected chi connectivity index (χ3v) is 3.64. The van der Waals surface area contributed by atoms with Crippen molar-refractivity contribution in [3.8, 4) is 5.75 Å². The summed E-state index contributed by atoms with van der Waals surface area (Å²) >= 11 is 0. The molecule has 1 N–H and O–H groups in total. The van der Waals surface area contributed by atoms with Crippen molar-refractivity contribution < 1.29 is 14.3 Å². The molecule has 20 heavy (non-hydrogen) atoms. The normalized spacial score (nSPS) is 16.0. The molecule has 4 heteroatoms. The van der Waals surface area contributed by atoms with Crippen LogP contribution in [-0.2, 0) is 0 Å². The van der Waals surface area contributed by atoms with E-state index in [0.29, 0.717) is 13.1 Å². The average molecular weight is 277 g/mol. The Labute approximate surface area is 118 Å². The van der Waals surface area contributed by atoms with E-state index in [1.165, 1.54) is 17.7 Å². The molecule has 1 aliphatic heterocycles. The molecule has 0 aromatic heterocycles. The van der Waals surface area contributed by atoms with E-state index in [1.807, 2.05) is 0 Å². The molecule has 3 nitrogen and oxygen atoms in total. The molecule has 1 heterocycles. The average Bonchev–Trinajstić information content (AvgIpc) is 2.37. The fourth-order valence-corrected chi connectivity index (χ4v) is 2.38. The Balaban J connectivity index is 2.14. The predicted molar refractivity (Wildman–Crippen MR) is 76.1 cm³/mol. The van der Waals surface area contributed by atoms with Gasteiger partial charge < -0.3 is 10.0 Å². The van der Waals surface area contributed by atoms with Crippen molar-refractivity contribution in [2.45, 2.75) is 27.2 Å². The topological polar surface area (TPSA) is 40.5 Å². The number of amides is 1. The van der Waals surface area contributed by atoms with Gasteiger partial charge in [0.1, 0.15) is 11.6 Å². The van der Waals surface area contributed by atoms with Crippen LogP contribution in [0.25, 0.3) is 0 Å². The van der Waals surface area contributed by atoms with Crippen molar-refractivity contribution in [2.24, 2.45) is 5.41 Å². The van der Waals surface area contributed by atoms with Crippen LogP contribution in [0.15, 0.2) is 29.8 Å². The zero-order chi connectivity index (χ0) is 14.9. The molecule has 0 fully saturated rings. The van der Waals surface area contributed by atoms with Gasteiger partial charge in [0.05, 0.1) is 5.56 Å². The van der Waals surface area contributed by atoms with Crippen molar-refractivity contribution in [1.29, 1.82) is 0 Å². The van der Waals surface area contributed by atoms with E-state index in [2.05, 4.69) is 26.8 Å². The second-order valence-electron chi connectivity index (χ2n) is 6.14. The van der Waals surface area contributed by atoms with Crippen molar-refractivity contribution in [3.05, 3.63) is 41.2 Å². The molecule has 1 aromatic rings. The molecular weight excluding hydrogens is 257 g/mol. The second-order valence-corrected chi connectivity index (χ2v) is 6.14. The molecule has 0 unspecified atom stereocenters. The van der Waals surface area contributed by atoms with Crippen molar-refractivity contribution in [2.75, 3.05) is 13.1 Å². The van der Waals surface area contributed by atoms with Crippen LogP contribution in [0.5, 0.6) is 5.75 Å². The fourth-order valence-electron chi connectivity index (χ4n) is 2.38. The Morgan fingerprint density at radius 2 is 2.05 bits per heavy atom. The van der Waals surface area contributed by atoms with Gasteiger partial charge in [-0.2, -0.15) is 0 Å². The molecule has 1 aromatic carbocycles. The Hall–Kier alpha value is -1.84.